The number of thiazole rings is 1. The molecule has 21 heavy (non-hydrogen) atoms. The second-order valence-corrected chi connectivity index (χ2v) is 9.07. The van der Waals surface area contributed by atoms with Crippen LogP contribution in [0.25, 0.3) is 0 Å². The minimum atomic E-state index is 0.0694. The van der Waals surface area contributed by atoms with Crippen LogP contribution < -0.4 is 5.32 Å². The van der Waals surface area contributed by atoms with Gasteiger partial charge in [0.2, 0.25) is 0 Å². The molecule has 0 aliphatic heterocycles. The average molecular weight is 309 g/mol. The third-order valence-corrected chi connectivity index (χ3v) is 6.08. The van der Waals surface area contributed by atoms with Crippen LogP contribution in [0.1, 0.15) is 78.4 Å². The Morgan fingerprint density at radius 1 is 1.33 bits per heavy atom. The molecular weight excluding hydrogens is 276 g/mol. The fourth-order valence-corrected chi connectivity index (χ4v) is 4.91. The molecule has 1 heterocycles. The summed E-state index contributed by atoms with van der Waals surface area (Å²) in [5.74, 6) is 1.39. The highest BCUT2D eigenvalue weighted by atomic mass is 32.1. The maximum absolute atomic E-state index is 5.07. The molecule has 0 radical (unpaired) electrons. The van der Waals surface area contributed by atoms with Crippen molar-refractivity contribution in [1.82, 2.24) is 10.3 Å². The first kappa shape index (κ1) is 17.0. The Balaban J connectivity index is 2.42. The van der Waals surface area contributed by atoms with Gasteiger partial charge in [-0.3, -0.25) is 0 Å². The number of hydrogen-bond donors (Lipinski definition) is 1. The zero-order valence-corrected chi connectivity index (χ0v) is 15.6. The van der Waals surface area contributed by atoms with Crippen LogP contribution in [0, 0.1) is 11.8 Å². The molecule has 1 aromatic rings. The van der Waals surface area contributed by atoms with E-state index in [0.29, 0.717) is 12.0 Å². The van der Waals surface area contributed by atoms with Crippen LogP contribution >= 0.6 is 11.3 Å². The summed E-state index contributed by atoms with van der Waals surface area (Å²) >= 11 is 1.86. The highest BCUT2D eigenvalue weighted by Crippen LogP contribution is 2.46. The first-order chi connectivity index (χ1) is 9.67. The number of aromatic nitrogens is 1. The van der Waals surface area contributed by atoms with Gasteiger partial charge in [0.1, 0.15) is 5.01 Å². The van der Waals surface area contributed by atoms with Crippen LogP contribution in [0.4, 0.5) is 0 Å². The van der Waals surface area contributed by atoms with Crippen LogP contribution in [-0.2, 0) is 11.0 Å². The molecule has 3 heteroatoms. The van der Waals surface area contributed by atoms with Crippen molar-refractivity contribution in [2.75, 3.05) is 0 Å². The molecule has 1 aromatic heterocycles. The van der Waals surface area contributed by atoms with Gasteiger partial charge in [-0.05, 0) is 32.1 Å². The molecule has 0 spiro atoms. The van der Waals surface area contributed by atoms with E-state index in [2.05, 4.69) is 59.2 Å². The largest absolute Gasteiger partial charge is 0.303 e. The quantitative estimate of drug-likeness (QED) is 0.841. The third kappa shape index (κ3) is 3.34. The molecule has 2 nitrogen and oxygen atoms in total. The molecule has 1 N–H and O–H groups in total. The van der Waals surface area contributed by atoms with E-state index in [-0.39, 0.29) is 11.0 Å². The van der Waals surface area contributed by atoms with Crippen LogP contribution in [0.5, 0.6) is 0 Å². The van der Waals surface area contributed by atoms with Gasteiger partial charge in [0.25, 0.3) is 0 Å². The van der Waals surface area contributed by atoms with E-state index in [1.165, 1.54) is 30.0 Å². The van der Waals surface area contributed by atoms with E-state index in [0.717, 1.165) is 5.92 Å². The van der Waals surface area contributed by atoms with Gasteiger partial charge >= 0.3 is 0 Å². The molecule has 0 amide bonds. The molecule has 0 aromatic carbocycles. The molecule has 3 unspecified atom stereocenters. The minimum Gasteiger partial charge on any atom is -0.303 e. The highest BCUT2D eigenvalue weighted by molar-refractivity contribution is 7.09. The van der Waals surface area contributed by atoms with Crippen LogP contribution in [0.3, 0.4) is 0 Å². The predicted octanol–water partition coefficient (Wildman–Crippen LogP) is 5.09. The Bertz CT molecular complexity index is 472. The Labute approximate surface area is 134 Å². The molecule has 1 saturated carbocycles. The molecule has 3 atom stereocenters. The van der Waals surface area contributed by atoms with Crippen LogP contribution in [0.15, 0.2) is 5.38 Å². The Morgan fingerprint density at radius 2 is 2.00 bits per heavy atom. The summed E-state index contributed by atoms with van der Waals surface area (Å²) in [6.45, 7) is 16.1. The van der Waals surface area contributed by atoms with Crippen molar-refractivity contribution in [3.05, 3.63) is 16.1 Å². The zero-order chi connectivity index (χ0) is 15.8. The summed E-state index contributed by atoms with van der Waals surface area (Å²) in [7, 11) is 0. The topological polar surface area (TPSA) is 24.9 Å². The van der Waals surface area contributed by atoms with Crippen molar-refractivity contribution in [1.29, 1.82) is 0 Å². The van der Waals surface area contributed by atoms with Gasteiger partial charge in [0.15, 0.2) is 0 Å². The fraction of sp³-hybridized carbons (Fsp3) is 0.833. The highest BCUT2D eigenvalue weighted by Gasteiger charge is 2.45. The van der Waals surface area contributed by atoms with Gasteiger partial charge in [0.05, 0.1) is 11.2 Å². The van der Waals surface area contributed by atoms with Gasteiger partial charge in [-0.25, -0.2) is 4.98 Å². The maximum Gasteiger partial charge on any atom is 0.113 e. The lowest BCUT2D eigenvalue weighted by atomic mass is 9.68. The molecule has 1 aliphatic carbocycles. The number of hydrogen-bond acceptors (Lipinski definition) is 3. The SMILES string of the molecule is CC(C)NC1(c2nc(C(C)(C)C)cs2)CCCC(C)C1C. The second kappa shape index (κ2) is 6.00. The normalized spacial score (nSPS) is 30.9. The van der Waals surface area contributed by atoms with Crippen molar-refractivity contribution in [2.45, 2.75) is 84.7 Å². The van der Waals surface area contributed by atoms with Gasteiger partial charge < -0.3 is 5.32 Å². The van der Waals surface area contributed by atoms with Crippen LogP contribution in [0.2, 0.25) is 0 Å². The average Bonchev–Trinajstić information content (AvgIpc) is 2.84. The molecular formula is C18H32N2S. The Morgan fingerprint density at radius 3 is 2.52 bits per heavy atom. The summed E-state index contributed by atoms with van der Waals surface area (Å²) < 4.78 is 0. The molecule has 1 fully saturated rings. The van der Waals surface area contributed by atoms with E-state index in [1.54, 1.807) is 0 Å². The van der Waals surface area contributed by atoms with E-state index in [9.17, 15) is 0 Å². The summed E-state index contributed by atoms with van der Waals surface area (Å²) in [6, 6.07) is 0.486. The third-order valence-electron chi connectivity index (χ3n) is 5.06. The van der Waals surface area contributed by atoms with E-state index < -0.39 is 0 Å². The molecule has 0 saturated heterocycles. The van der Waals surface area contributed by atoms with Gasteiger partial charge in [-0.1, -0.05) is 47.5 Å². The summed E-state index contributed by atoms with van der Waals surface area (Å²) in [6.07, 6.45) is 3.86. The van der Waals surface area contributed by atoms with Crippen LogP contribution in [-0.4, -0.2) is 11.0 Å². The number of nitrogens with one attached hydrogen (secondary N) is 1. The first-order valence-corrected chi connectivity index (χ1v) is 9.29. The second-order valence-electron chi connectivity index (χ2n) is 8.22. The van der Waals surface area contributed by atoms with Gasteiger partial charge in [0, 0.05) is 16.8 Å². The monoisotopic (exact) mass is 308 g/mol. The molecule has 2 rings (SSSR count). The molecule has 120 valence electrons. The lowest BCUT2D eigenvalue weighted by Gasteiger charge is -2.46. The van der Waals surface area contributed by atoms with Crippen molar-refractivity contribution in [2.24, 2.45) is 11.8 Å². The predicted molar refractivity (Wildman–Crippen MR) is 92.9 cm³/mol. The summed E-state index contributed by atoms with van der Waals surface area (Å²) in [5, 5.41) is 7.48. The van der Waals surface area contributed by atoms with E-state index in [4.69, 9.17) is 4.98 Å². The van der Waals surface area contributed by atoms with Gasteiger partial charge in [-0.15, -0.1) is 11.3 Å². The molecule has 0 bridgehead atoms. The summed E-state index contributed by atoms with van der Waals surface area (Å²) in [4.78, 5) is 5.07. The lowest BCUT2D eigenvalue weighted by Crippen LogP contribution is -2.54. The summed E-state index contributed by atoms with van der Waals surface area (Å²) in [5.41, 5.74) is 1.44. The van der Waals surface area contributed by atoms with Gasteiger partial charge in [-0.2, -0.15) is 0 Å². The smallest absolute Gasteiger partial charge is 0.113 e. The maximum atomic E-state index is 5.07. The zero-order valence-electron chi connectivity index (χ0n) is 14.8. The standard InChI is InChI=1S/C18H32N2S/c1-12(2)20-18(10-8-9-13(3)14(18)4)16-19-15(11-21-16)17(5,6)7/h11-14,20H,8-10H2,1-7H3. The van der Waals surface area contributed by atoms with E-state index >= 15 is 0 Å². The van der Waals surface area contributed by atoms with Crippen molar-refractivity contribution in [3.8, 4) is 0 Å². The number of nitrogens with zero attached hydrogens (tertiary/aromatic N) is 1. The fourth-order valence-electron chi connectivity index (χ4n) is 3.57. The Kier molecular flexibility index (Phi) is 4.84. The van der Waals surface area contributed by atoms with Crippen molar-refractivity contribution in [3.63, 3.8) is 0 Å². The van der Waals surface area contributed by atoms with Crippen molar-refractivity contribution < 1.29 is 0 Å². The lowest BCUT2D eigenvalue weighted by molar-refractivity contribution is 0.0941. The number of rotatable bonds is 3. The first-order valence-electron chi connectivity index (χ1n) is 8.41. The van der Waals surface area contributed by atoms with E-state index in [1.807, 2.05) is 11.3 Å². The minimum absolute atomic E-state index is 0.0694. The molecule has 1 aliphatic rings. The Hall–Kier alpha value is -0.410. The van der Waals surface area contributed by atoms with Crippen molar-refractivity contribution >= 4 is 11.3 Å².